The van der Waals surface area contributed by atoms with Crippen LogP contribution in [-0.4, -0.2) is 10.9 Å². The van der Waals surface area contributed by atoms with Gasteiger partial charge in [0, 0.05) is 5.38 Å². The molecule has 2 aromatic rings. The Bertz CT molecular complexity index is 614. The van der Waals surface area contributed by atoms with Crippen molar-refractivity contribution in [2.75, 3.05) is 5.32 Å². The summed E-state index contributed by atoms with van der Waals surface area (Å²) in [7, 11) is 0. The first-order valence-electron chi connectivity index (χ1n) is 6.94. The second-order valence-electron chi connectivity index (χ2n) is 5.63. The van der Waals surface area contributed by atoms with Crippen molar-refractivity contribution in [1.82, 2.24) is 4.98 Å². The van der Waals surface area contributed by atoms with Crippen molar-refractivity contribution >= 4 is 22.4 Å². The Balaban J connectivity index is 1.76. The third kappa shape index (κ3) is 2.36. The van der Waals surface area contributed by atoms with Gasteiger partial charge in [0.15, 0.2) is 5.13 Å². The first kappa shape index (κ1) is 13.3. The zero-order chi connectivity index (χ0) is 14.2. The summed E-state index contributed by atoms with van der Waals surface area (Å²) in [5, 5.41) is 5.71. The van der Waals surface area contributed by atoms with Crippen molar-refractivity contribution in [3.63, 3.8) is 0 Å². The number of amides is 1. The molecule has 4 heteroatoms. The number of hydrogen-bond donors (Lipinski definition) is 1. The van der Waals surface area contributed by atoms with E-state index in [1.807, 2.05) is 35.7 Å². The number of thiazole rings is 1. The van der Waals surface area contributed by atoms with E-state index in [-0.39, 0.29) is 11.3 Å². The van der Waals surface area contributed by atoms with Gasteiger partial charge in [0.05, 0.1) is 11.1 Å². The van der Waals surface area contributed by atoms with Crippen molar-refractivity contribution < 1.29 is 4.79 Å². The highest BCUT2D eigenvalue weighted by molar-refractivity contribution is 7.13. The molecule has 1 saturated carbocycles. The summed E-state index contributed by atoms with van der Waals surface area (Å²) in [6, 6.07) is 10.0. The summed E-state index contributed by atoms with van der Waals surface area (Å²) in [6.45, 7) is 4.21. The summed E-state index contributed by atoms with van der Waals surface area (Å²) >= 11 is 1.50. The van der Waals surface area contributed by atoms with Gasteiger partial charge in [-0.05, 0) is 24.3 Å². The van der Waals surface area contributed by atoms with Crippen LogP contribution in [-0.2, 0) is 10.2 Å². The van der Waals surface area contributed by atoms with E-state index in [0.29, 0.717) is 11.0 Å². The summed E-state index contributed by atoms with van der Waals surface area (Å²) in [6.07, 6.45) is 1.84. The van der Waals surface area contributed by atoms with Gasteiger partial charge < -0.3 is 5.32 Å². The van der Waals surface area contributed by atoms with Crippen LogP contribution in [0.3, 0.4) is 0 Å². The lowest BCUT2D eigenvalue weighted by Crippen LogP contribution is -2.27. The largest absolute Gasteiger partial charge is 0.301 e. The van der Waals surface area contributed by atoms with Crippen LogP contribution in [0.25, 0.3) is 0 Å². The molecule has 1 aromatic carbocycles. The molecule has 3 nitrogen and oxygen atoms in total. The molecule has 1 aliphatic rings. The highest BCUT2D eigenvalue weighted by atomic mass is 32.1. The SMILES string of the molecule is CC(C)c1csc(NC(=O)C2(c3ccccc3)CC2)n1. The van der Waals surface area contributed by atoms with E-state index in [2.05, 4.69) is 24.1 Å². The van der Waals surface area contributed by atoms with Gasteiger partial charge in [-0.2, -0.15) is 0 Å². The van der Waals surface area contributed by atoms with E-state index in [9.17, 15) is 4.79 Å². The highest BCUT2D eigenvalue weighted by Gasteiger charge is 2.51. The van der Waals surface area contributed by atoms with Gasteiger partial charge in [0.2, 0.25) is 5.91 Å². The predicted octanol–water partition coefficient (Wildman–Crippen LogP) is 3.94. The van der Waals surface area contributed by atoms with Gasteiger partial charge in [-0.15, -0.1) is 11.3 Å². The van der Waals surface area contributed by atoms with Gasteiger partial charge in [-0.1, -0.05) is 44.2 Å². The lowest BCUT2D eigenvalue weighted by Gasteiger charge is -2.14. The molecule has 0 radical (unpaired) electrons. The van der Waals surface area contributed by atoms with E-state index >= 15 is 0 Å². The average Bonchev–Trinajstić information content (AvgIpc) is 3.14. The molecule has 0 spiro atoms. The van der Waals surface area contributed by atoms with E-state index in [1.165, 1.54) is 11.3 Å². The van der Waals surface area contributed by atoms with Crippen molar-refractivity contribution in [2.45, 2.75) is 38.0 Å². The van der Waals surface area contributed by atoms with E-state index in [4.69, 9.17) is 0 Å². The first-order chi connectivity index (χ1) is 9.62. The molecule has 1 N–H and O–H groups in total. The first-order valence-corrected chi connectivity index (χ1v) is 7.82. The fourth-order valence-electron chi connectivity index (χ4n) is 2.35. The number of carbonyl (C=O) groups excluding carboxylic acids is 1. The molecule has 3 rings (SSSR count). The van der Waals surface area contributed by atoms with Crippen molar-refractivity contribution in [2.24, 2.45) is 0 Å². The van der Waals surface area contributed by atoms with Gasteiger partial charge in [-0.25, -0.2) is 4.98 Å². The summed E-state index contributed by atoms with van der Waals surface area (Å²) in [5.41, 5.74) is 1.82. The fourth-order valence-corrected chi connectivity index (χ4v) is 3.22. The number of hydrogen-bond acceptors (Lipinski definition) is 3. The summed E-state index contributed by atoms with van der Waals surface area (Å²) in [4.78, 5) is 17.0. The lowest BCUT2D eigenvalue weighted by molar-refractivity contribution is -0.118. The summed E-state index contributed by atoms with van der Waals surface area (Å²) in [5.74, 6) is 0.467. The molecule has 1 heterocycles. The Morgan fingerprint density at radius 2 is 2.00 bits per heavy atom. The molecule has 0 aliphatic heterocycles. The van der Waals surface area contributed by atoms with Crippen LogP contribution in [0.4, 0.5) is 5.13 Å². The maximum absolute atomic E-state index is 12.5. The molecular formula is C16H18N2OS. The molecule has 1 aliphatic carbocycles. The third-order valence-electron chi connectivity index (χ3n) is 3.84. The number of aromatic nitrogens is 1. The fraction of sp³-hybridized carbons (Fsp3) is 0.375. The standard InChI is InChI=1S/C16H18N2OS/c1-11(2)13-10-20-15(17-13)18-14(19)16(8-9-16)12-6-4-3-5-7-12/h3-7,10-11H,8-9H2,1-2H3,(H,17,18,19). The monoisotopic (exact) mass is 286 g/mol. The molecule has 20 heavy (non-hydrogen) atoms. The molecule has 104 valence electrons. The quantitative estimate of drug-likeness (QED) is 0.925. The maximum atomic E-state index is 12.5. The minimum atomic E-state index is -0.328. The average molecular weight is 286 g/mol. The highest BCUT2D eigenvalue weighted by Crippen LogP contribution is 2.49. The Kier molecular flexibility index (Phi) is 3.34. The Hall–Kier alpha value is -1.68. The minimum Gasteiger partial charge on any atom is -0.301 e. The zero-order valence-corrected chi connectivity index (χ0v) is 12.5. The van der Waals surface area contributed by atoms with Crippen LogP contribution < -0.4 is 5.32 Å². The normalized spacial score (nSPS) is 16.1. The zero-order valence-electron chi connectivity index (χ0n) is 11.7. The van der Waals surface area contributed by atoms with E-state index in [0.717, 1.165) is 24.1 Å². The van der Waals surface area contributed by atoms with Crippen LogP contribution in [0.2, 0.25) is 0 Å². The van der Waals surface area contributed by atoms with Crippen LogP contribution in [0.1, 0.15) is 43.9 Å². The summed E-state index contributed by atoms with van der Waals surface area (Å²) < 4.78 is 0. The topological polar surface area (TPSA) is 42.0 Å². The smallest absolute Gasteiger partial charge is 0.236 e. The second-order valence-corrected chi connectivity index (χ2v) is 6.49. The van der Waals surface area contributed by atoms with Crippen molar-refractivity contribution in [3.8, 4) is 0 Å². The van der Waals surface area contributed by atoms with Crippen LogP contribution in [0.15, 0.2) is 35.7 Å². The van der Waals surface area contributed by atoms with Crippen molar-refractivity contribution in [1.29, 1.82) is 0 Å². The second kappa shape index (κ2) is 5.02. The van der Waals surface area contributed by atoms with E-state index in [1.54, 1.807) is 0 Å². The van der Waals surface area contributed by atoms with Gasteiger partial charge in [-0.3, -0.25) is 4.79 Å². The Morgan fingerprint density at radius 1 is 1.30 bits per heavy atom. The number of rotatable bonds is 4. The molecular weight excluding hydrogens is 268 g/mol. The lowest BCUT2D eigenvalue weighted by atomic mass is 9.95. The molecule has 0 bridgehead atoms. The molecule has 1 aromatic heterocycles. The molecule has 0 unspecified atom stereocenters. The Morgan fingerprint density at radius 3 is 2.55 bits per heavy atom. The number of nitrogens with one attached hydrogen (secondary N) is 1. The van der Waals surface area contributed by atoms with Gasteiger partial charge in [0.25, 0.3) is 0 Å². The molecule has 0 atom stereocenters. The number of benzene rings is 1. The number of nitrogens with zero attached hydrogens (tertiary/aromatic N) is 1. The molecule has 0 saturated heterocycles. The number of anilines is 1. The maximum Gasteiger partial charge on any atom is 0.236 e. The van der Waals surface area contributed by atoms with E-state index < -0.39 is 0 Å². The van der Waals surface area contributed by atoms with Crippen molar-refractivity contribution in [3.05, 3.63) is 47.0 Å². The van der Waals surface area contributed by atoms with Gasteiger partial charge >= 0.3 is 0 Å². The minimum absolute atomic E-state index is 0.0772. The number of carbonyl (C=O) groups is 1. The molecule has 1 fully saturated rings. The third-order valence-corrected chi connectivity index (χ3v) is 4.62. The van der Waals surface area contributed by atoms with Crippen LogP contribution >= 0.6 is 11.3 Å². The predicted molar refractivity (Wildman–Crippen MR) is 82.2 cm³/mol. The van der Waals surface area contributed by atoms with Gasteiger partial charge in [0.1, 0.15) is 0 Å². The van der Waals surface area contributed by atoms with Crippen LogP contribution in [0.5, 0.6) is 0 Å². The Labute approximate surface area is 123 Å². The van der Waals surface area contributed by atoms with Crippen LogP contribution in [0, 0.1) is 0 Å². The molecule has 1 amide bonds.